The average molecular weight is 917 g/mol. The molecule has 4 aromatic rings. The first-order valence-corrected chi connectivity index (χ1v) is 21.6. The second kappa shape index (κ2) is 23.1. The highest BCUT2D eigenvalue weighted by atomic mass is 35.5. The number of carboxylic acid groups (broad SMARTS) is 1. The second-order valence-electron chi connectivity index (χ2n) is 14.6. The van der Waals surface area contributed by atoms with Crippen LogP contribution < -0.4 is 37.1 Å². The molecule has 4 rings (SSSR count). The highest BCUT2D eigenvalue weighted by Gasteiger charge is 2.35. The number of nitrogens with zero attached hydrogens (tertiary/aromatic N) is 5. The molecule has 0 aliphatic rings. The number of alkyl halides is 3. The van der Waals surface area contributed by atoms with Crippen LogP contribution in [0.25, 0.3) is 5.69 Å². The molecule has 18 nitrogen and oxygen atoms in total. The first-order chi connectivity index (χ1) is 28.7. The average Bonchev–Trinajstić information content (AvgIpc) is 3.17. The van der Waals surface area contributed by atoms with Gasteiger partial charge in [0.1, 0.15) is 29.8 Å². The standard InChI is InChI=1S/C25H25F3N2O6.C9H16ClN5.C5H12NO4P/c1-5-16-6-7-17(20(12-16)36-15(2)23(32)34-4)14-35-19-10-8-18(9-11-19)30-22(31)13-21(25(26,27)28)29(3)24(30)33;1-5-11-7-12-6(10)13-8(14-7)15-9(2,3)4;1-11(9,10)3-2-4(6)5(7)8/h6-13,15H,5,14H2,1-4H3;5H2,1-4H3,(H2,11,12,13,14,15);4H,2-3,6H2,1H3,(H,7,8)(H,9,10). The zero-order valence-corrected chi connectivity index (χ0v) is 37.4. The molecular formula is C39H53ClF3N8O10P. The molecule has 3 atom stereocenters. The number of carbonyl (C=O) groups excluding carboxylic acids is 1. The number of benzene rings is 2. The zero-order valence-electron chi connectivity index (χ0n) is 35.7. The first kappa shape index (κ1) is 52.6. The number of rotatable bonds is 15. The number of carboxylic acids is 1. The van der Waals surface area contributed by atoms with Crippen LogP contribution in [0.2, 0.25) is 5.28 Å². The Morgan fingerprint density at radius 2 is 1.63 bits per heavy atom. The van der Waals surface area contributed by atoms with E-state index in [-0.39, 0.29) is 35.7 Å². The van der Waals surface area contributed by atoms with Gasteiger partial charge in [-0.1, -0.05) is 19.1 Å². The Morgan fingerprint density at radius 3 is 2.15 bits per heavy atom. The highest BCUT2D eigenvalue weighted by molar-refractivity contribution is 7.57. The highest BCUT2D eigenvalue weighted by Crippen LogP contribution is 2.35. The molecule has 0 aliphatic heterocycles. The van der Waals surface area contributed by atoms with Crippen molar-refractivity contribution in [1.82, 2.24) is 24.1 Å². The van der Waals surface area contributed by atoms with Crippen LogP contribution in [0.4, 0.5) is 25.1 Å². The van der Waals surface area contributed by atoms with E-state index in [2.05, 4.69) is 25.6 Å². The molecule has 2 aromatic carbocycles. The molecule has 0 saturated heterocycles. The molecule has 0 spiro atoms. The summed E-state index contributed by atoms with van der Waals surface area (Å²) in [5.74, 6) is 0.149. The van der Waals surface area contributed by atoms with Gasteiger partial charge >= 0.3 is 23.8 Å². The molecule has 2 heterocycles. The van der Waals surface area contributed by atoms with Crippen molar-refractivity contribution in [1.29, 1.82) is 0 Å². The number of hydrogen-bond donors (Lipinski definition) is 5. The number of esters is 1. The number of ether oxygens (including phenoxy) is 3. The van der Waals surface area contributed by atoms with Crippen LogP contribution in [-0.4, -0.2) is 90.2 Å². The number of aliphatic carboxylic acids is 1. The molecule has 0 aliphatic carbocycles. The SMILES string of the molecule is CCNc1nc(Cl)nc(NC(C)(C)C)n1.CCc1ccc(COc2ccc(-n3c(=O)cc(C(F)(F)F)n(C)c3=O)cc2)c(OC(C)C(=O)OC)c1.CP(=O)(O)CCC(N)C(=O)O. The van der Waals surface area contributed by atoms with Gasteiger partial charge in [0.25, 0.3) is 5.56 Å². The molecule has 0 radical (unpaired) electrons. The van der Waals surface area contributed by atoms with E-state index in [1.807, 2.05) is 52.8 Å². The minimum absolute atomic E-state index is 0.0412. The van der Waals surface area contributed by atoms with E-state index in [9.17, 15) is 36.9 Å². The molecular weight excluding hydrogens is 864 g/mol. The number of carbonyl (C=O) groups is 2. The lowest BCUT2D eigenvalue weighted by molar-refractivity contribution is -0.148. The zero-order chi connectivity index (χ0) is 47.2. The minimum Gasteiger partial charge on any atom is -0.489 e. The van der Waals surface area contributed by atoms with Crippen LogP contribution in [0, 0.1) is 0 Å². The van der Waals surface area contributed by atoms with Crippen molar-refractivity contribution >= 4 is 42.8 Å². The molecule has 62 heavy (non-hydrogen) atoms. The number of hydrogen-bond acceptors (Lipinski definition) is 14. The molecule has 0 fully saturated rings. The fraction of sp³-hybridized carbons (Fsp3) is 0.462. The lowest BCUT2D eigenvalue weighted by Gasteiger charge is -2.20. The van der Waals surface area contributed by atoms with Gasteiger partial charge in [0.05, 0.1) is 12.8 Å². The van der Waals surface area contributed by atoms with Gasteiger partial charge in [-0.2, -0.15) is 28.1 Å². The van der Waals surface area contributed by atoms with Gasteiger partial charge in [0.2, 0.25) is 17.2 Å². The Kier molecular flexibility index (Phi) is 19.6. The fourth-order valence-corrected chi connectivity index (χ4v) is 5.84. The van der Waals surface area contributed by atoms with Gasteiger partial charge in [-0.3, -0.25) is 18.7 Å². The minimum atomic E-state index is -4.84. The summed E-state index contributed by atoms with van der Waals surface area (Å²) < 4.78 is 67.1. The largest absolute Gasteiger partial charge is 0.489 e. The lowest BCUT2D eigenvalue weighted by atomic mass is 10.1. The van der Waals surface area contributed by atoms with E-state index in [4.69, 9.17) is 41.5 Å². The van der Waals surface area contributed by atoms with Gasteiger partial charge < -0.3 is 40.6 Å². The maximum Gasteiger partial charge on any atom is 0.431 e. The van der Waals surface area contributed by atoms with Crippen LogP contribution in [0.15, 0.2) is 58.1 Å². The van der Waals surface area contributed by atoms with Crippen LogP contribution in [0.3, 0.4) is 0 Å². The maximum atomic E-state index is 13.1. The Balaban J connectivity index is 0.000000415. The topological polar surface area (TPSA) is 252 Å². The van der Waals surface area contributed by atoms with Gasteiger partial charge in [-0.05, 0) is 95.0 Å². The number of aromatic nitrogens is 5. The first-order valence-electron chi connectivity index (χ1n) is 18.9. The van der Waals surface area contributed by atoms with Crippen molar-refractivity contribution in [2.45, 2.75) is 84.9 Å². The summed E-state index contributed by atoms with van der Waals surface area (Å²) in [5, 5.41) is 14.6. The molecule has 0 amide bonds. The smallest absolute Gasteiger partial charge is 0.431 e. The van der Waals surface area contributed by atoms with Gasteiger partial charge in [0.15, 0.2) is 13.5 Å². The summed E-state index contributed by atoms with van der Waals surface area (Å²) in [6, 6.07) is 10.6. The summed E-state index contributed by atoms with van der Waals surface area (Å²) >= 11 is 5.77. The number of nitrogens with two attached hydrogens (primary N) is 1. The van der Waals surface area contributed by atoms with E-state index in [1.165, 1.54) is 38.0 Å². The number of aryl methyl sites for hydroxylation is 1. The number of halogens is 4. The van der Waals surface area contributed by atoms with Crippen molar-refractivity contribution in [2.75, 3.05) is 37.1 Å². The Labute approximate surface area is 361 Å². The van der Waals surface area contributed by atoms with E-state index >= 15 is 0 Å². The molecule has 2 aromatic heterocycles. The molecule has 0 saturated carbocycles. The van der Waals surface area contributed by atoms with Crippen molar-refractivity contribution < 1.29 is 51.5 Å². The normalized spacial score (nSPS) is 13.1. The predicted molar refractivity (Wildman–Crippen MR) is 228 cm³/mol. The van der Waals surface area contributed by atoms with Gasteiger partial charge in [-0.15, -0.1) is 0 Å². The number of methoxy groups -OCH3 is 1. The summed E-state index contributed by atoms with van der Waals surface area (Å²) in [6.45, 7) is 13.6. The summed E-state index contributed by atoms with van der Waals surface area (Å²) in [7, 11) is -0.884. The van der Waals surface area contributed by atoms with Gasteiger partial charge in [0, 0.05) is 43.6 Å². The maximum absolute atomic E-state index is 13.1. The second-order valence-corrected chi connectivity index (χ2v) is 17.5. The molecule has 23 heteroatoms. The van der Waals surface area contributed by atoms with E-state index in [0.29, 0.717) is 44.2 Å². The van der Waals surface area contributed by atoms with Crippen LogP contribution in [0.5, 0.6) is 11.5 Å². The molecule has 0 bridgehead atoms. The number of anilines is 2. The molecule has 342 valence electrons. The van der Waals surface area contributed by atoms with Crippen molar-refractivity contribution in [3.8, 4) is 17.2 Å². The predicted octanol–water partition coefficient (Wildman–Crippen LogP) is 5.49. The Hall–Kier alpha value is -5.50. The summed E-state index contributed by atoms with van der Waals surface area (Å²) in [5.41, 5.74) is 3.19. The van der Waals surface area contributed by atoms with Crippen LogP contribution in [-0.2, 0) is 45.1 Å². The van der Waals surface area contributed by atoms with Crippen LogP contribution >= 0.6 is 19.0 Å². The summed E-state index contributed by atoms with van der Waals surface area (Å²) in [6.07, 6.45) is -4.91. The third-order valence-electron chi connectivity index (χ3n) is 8.08. The van der Waals surface area contributed by atoms with E-state index in [1.54, 1.807) is 6.92 Å². The van der Waals surface area contributed by atoms with Crippen molar-refractivity contribution in [3.63, 3.8) is 0 Å². The third-order valence-corrected chi connectivity index (χ3v) is 9.34. The Bertz CT molecular complexity index is 2300. The van der Waals surface area contributed by atoms with Crippen molar-refractivity contribution in [3.05, 3.63) is 91.5 Å². The lowest BCUT2D eigenvalue weighted by Crippen LogP contribution is -2.40. The summed E-state index contributed by atoms with van der Waals surface area (Å²) in [4.78, 5) is 67.5. The third kappa shape index (κ3) is 17.5. The number of nitrogens with one attached hydrogen (secondary N) is 2. The van der Waals surface area contributed by atoms with Crippen LogP contribution in [0.1, 0.15) is 64.8 Å². The van der Waals surface area contributed by atoms with E-state index in [0.717, 1.165) is 25.6 Å². The van der Waals surface area contributed by atoms with Crippen molar-refractivity contribution in [2.24, 2.45) is 12.8 Å². The monoisotopic (exact) mass is 916 g/mol. The quantitative estimate of drug-likeness (QED) is 0.0730. The molecule has 3 unspecified atom stereocenters. The van der Waals surface area contributed by atoms with Gasteiger partial charge in [-0.25, -0.2) is 14.2 Å². The van der Waals surface area contributed by atoms with E-state index < -0.39 is 54.6 Å². The fourth-order valence-electron chi connectivity index (χ4n) is 4.92. The molecule has 6 N–H and O–H groups in total. The Morgan fingerprint density at radius 1 is 1.02 bits per heavy atom.